The molecule has 0 amide bonds. The molecule has 23 heavy (non-hydrogen) atoms. The highest BCUT2D eigenvalue weighted by Gasteiger charge is 2.17. The van der Waals surface area contributed by atoms with Crippen molar-refractivity contribution in [3.63, 3.8) is 0 Å². The number of halogens is 1. The second kappa shape index (κ2) is 6.58. The van der Waals surface area contributed by atoms with Crippen LogP contribution in [0.25, 0.3) is 0 Å². The van der Waals surface area contributed by atoms with Crippen LogP contribution in [-0.4, -0.2) is 21.8 Å². The highest BCUT2D eigenvalue weighted by molar-refractivity contribution is 7.90. The molecule has 6 heteroatoms. The van der Waals surface area contributed by atoms with Gasteiger partial charge in [0.2, 0.25) is 0 Å². The number of sulfone groups is 1. The Hall–Kier alpha value is -2.08. The number of anilines is 1. The van der Waals surface area contributed by atoms with Crippen LogP contribution in [0.5, 0.6) is 5.75 Å². The van der Waals surface area contributed by atoms with Crippen LogP contribution in [0.2, 0.25) is 0 Å². The minimum Gasteiger partial charge on any atom is -0.495 e. The Bertz CT molecular complexity index is 819. The Morgan fingerprint density at radius 3 is 2.48 bits per heavy atom. The summed E-state index contributed by atoms with van der Waals surface area (Å²) in [5.41, 5.74) is 2.16. The Labute approximate surface area is 136 Å². The number of hydrogen-bond acceptors (Lipinski definition) is 4. The van der Waals surface area contributed by atoms with E-state index in [1.807, 2.05) is 13.8 Å². The predicted molar refractivity (Wildman–Crippen MR) is 89.3 cm³/mol. The van der Waals surface area contributed by atoms with Crippen LogP contribution in [-0.2, 0) is 9.84 Å². The Balaban J connectivity index is 2.33. The fourth-order valence-electron chi connectivity index (χ4n) is 2.33. The lowest BCUT2D eigenvalue weighted by atomic mass is 10.1. The topological polar surface area (TPSA) is 55.4 Å². The Kier molecular flexibility index (Phi) is 4.94. The van der Waals surface area contributed by atoms with E-state index >= 15 is 0 Å². The summed E-state index contributed by atoms with van der Waals surface area (Å²) >= 11 is 0. The van der Waals surface area contributed by atoms with Gasteiger partial charge in [-0.3, -0.25) is 0 Å². The molecule has 2 aromatic rings. The molecule has 0 radical (unpaired) electrons. The molecule has 124 valence electrons. The lowest BCUT2D eigenvalue weighted by Gasteiger charge is -2.18. The summed E-state index contributed by atoms with van der Waals surface area (Å²) in [6.45, 7) is 3.76. The van der Waals surface area contributed by atoms with Gasteiger partial charge >= 0.3 is 0 Å². The van der Waals surface area contributed by atoms with Crippen LogP contribution >= 0.6 is 0 Å². The molecular formula is C17H20FNO3S. The lowest BCUT2D eigenvalue weighted by molar-refractivity contribution is 0.402. The van der Waals surface area contributed by atoms with Gasteiger partial charge in [0.05, 0.1) is 12.8 Å². The van der Waals surface area contributed by atoms with E-state index in [-0.39, 0.29) is 22.5 Å². The molecule has 0 aromatic heterocycles. The second-order valence-electron chi connectivity index (χ2n) is 5.53. The summed E-state index contributed by atoms with van der Waals surface area (Å²) in [6, 6.07) is 9.50. The number of ether oxygens (including phenoxy) is 1. The summed E-state index contributed by atoms with van der Waals surface area (Å²) in [5, 5.41) is 3.10. The first-order valence-corrected chi connectivity index (χ1v) is 9.02. The van der Waals surface area contributed by atoms with E-state index in [9.17, 15) is 12.8 Å². The maximum Gasteiger partial charge on any atom is 0.179 e. The zero-order chi connectivity index (χ0) is 17.2. The Morgan fingerprint density at radius 1 is 1.17 bits per heavy atom. The average molecular weight is 337 g/mol. The van der Waals surface area contributed by atoms with Crippen LogP contribution in [0.3, 0.4) is 0 Å². The van der Waals surface area contributed by atoms with Gasteiger partial charge in [-0.05, 0) is 49.2 Å². The quantitative estimate of drug-likeness (QED) is 0.903. The normalized spacial score (nSPS) is 12.7. The van der Waals surface area contributed by atoms with Gasteiger partial charge in [0.25, 0.3) is 0 Å². The molecule has 0 heterocycles. The van der Waals surface area contributed by atoms with Gasteiger partial charge in [-0.15, -0.1) is 0 Å². The van der Waals surface area contributed by atoms with Gasteiger partial charge in [-0.2, -0.15) is 0 Å². The molecular weight excluding hydrogens is 317 g/mol. The van der Waals surface area contributed by atoms with E-state index < -0.39 is 9.84 Å². The first kappa shape index (κ1) is 17.3. The maximum atomic E-state index is 13.8. The van der Waals surface area contributed by atoms with Crippen molar-refractivity contribution in [2.45, 2.75) is 24.8 Å². The molecule has 1 atom stereocenters. The fourth-order valence-corrected chi connectivity index (χ4v) is 3.15. The summed E-state index contributed by atoms with van der Waals surface area (Å²) in [6.07, 6.45) is 1.13. The molecule has 0 saturated heterocycles. The van der Waals surface area contributed by atoms with Crippen LogP contribution in [0, 0.1) is 12.7 Å². The molecule has 4 nitrogen and oxygen atoms in total. The first-order valence-electron chi connectivity index (χ1n) is 7.13. The molecule has 0 aliphatic carbocycles. The summed E-state index contributed by atoms with van der Waals surface area (Å²) in [4.78, 5) is 0.137. The predicted octanol–water partition coefficient (Wildman–Crippen LogP) is 3.72. The van der Waals surface area contributed by atoms with Gasteiger partial charge in [0.15, 0.2) is 9.84 Å². The highest BCUT2D eigenvalue weighted by atomic mass is 32.2. The largest absolute Gasteiger partial charge is 0.495 e. The van der Waals surface area contributed by atoms with Gasteiger partial charge in [-0.25, -0.2) is 12.8 Å². The molecule has 0 spiro atoms. The van der Waals surface area contributed by atoms with Crippen molar-refractivity contribution in [3.05, 3.63) is 53.3 Å². The number of hydrogen-bond donors (Lipinski definition) is 1. The van der Waals surface area contributed by atoms with E-state index in [1.54, 1.807) is 24.3 Å². The third-order valence-electron chi connectivity index (χ3n) is 3.58. The Morgan fingerprint density at radius 2 is 1.87 bits per heavy atom. The van der Waals surface area contributed by atoms with Crippen molar-refractivity contribution < 1.29 is 17.5 Å². The second-order valence-corrected chi connectivity index (χ2v) is 7.52. The van der Waals surface area contributed by atoms with Gasteiger partial charge in [0.1, 0.15) is 16.5 Å². The zero-order valence-corrected chi connectivity index (χ0v) is 14.4. The zero-order valence-electron chi connectivity index (χ0n) is 13.6. The summed E-state index contributed by atoms with van der Waals surface area (Å²) < 4.78 is 42.5. The molecule has 2 aromatic carbocycles. The smallest absolute Gasteiger partial charge is 0.179 e. The molecule has 0 fully saturated rings. The monoisotopic (exact) mass is 337 g/mol. The molecule has 1 N–H and O–H groups in total. The maximum absolute atomic E-state index is 13.8. The van der Waals surface area contributed by atoms with Crippen LogP contribution < -0.4 is 10.1 Å². The van der Waals surface area contributed by atoms with E-state index in [1.165, 1.54) is 19.2 Å². The fraction of sp³-hybridized carbons (Fsp3) is 0.294. The van der Waals surface area contributed by atoms with Crippen LogP contribution in [0.4, 0.5) is 10.1 Å². The summed E-state index contributed by atoms with van der Waals surface area (Å²) in [5.74, 6) is -0.0504. The molecule has 0 aliphatic rings. The molecule has 0 bridgehead atoms. The minimum atomic E-state index is -3.36. The van der Waals surface area contributed by atoms with E-state index in [2.05, 4.69) is 5.32 Å². The van der Waals surface area contributed by atoms with Gasteiger partial charge < -0.3 is 10.1 Å². The third-order valence-corrected chi connectivity index (χ3v) is 4.72. The molecule has 1 unspecified atom stereocenters. The average Bonchev–Trinajstić information content (AvgIpc) is 2.49. The highest BCUT2D eigenvalue weighted by Crippen LogP contribution is 2.29. The lowest BCUT2D eigenvalue weighted by Crippen LogP contribution is -2.09. The first-order chi connectivity index (χ1) is 10.7. The number of benzene rings is 2. The molecule has 2 rings (SSSR count). The van der Waals surface area contributed by atoms with Gasteiger partial charge in [-0.1, -0.05) is 12.1 Å². The number of methoxy groups -OCH3 is 1. The SMILES string of the molecule is COc1cc(C(C)Nc2cc(C)ccc2F)ccc1S(C)(=O)=O. The standard InChI is InChI=1S/C17H20FNO3S/c1-11-5-7-14(18)15(9-11)19-12(2)13-6-8-17(23(4,20)21)16(10-13)22-3/h5-10,12,19H,1-4H3. The van der Waals surface area contributed by atoms with E-state index in [4.69, 9.17) is 4.74 Å². The number of aryl methyl sites for hydroxylation is 1. The van der Waals surface area contributed by atoms with E-state index in [0.29, 0.717) is 5.69 Å². The minimum absolute atomic E-state index is 0.137. The van der Waals surface area contributed by atoms with Crippen molar-refractivity contribution in [1.82, 2.24) is 0 Å². The number of rotatable bonds is 5. The summed E-state index contributed by atoms with van der Waals surface area (Å²) in [7, 11) is -1.94. The van der Waals surface area contributed by atoms with Crippen molar-refractivity contribution in [2.24, 2.45) is 0 Å². The van der Waals surface area contributed by atoms with E-state index in [0.717, 1.165) is 17.4 Å². The molecule has 0 saturated carbocycles. The van der Waals surface area contributed by atoms with Crippen molar-refractivity contribution in [1.29, 1.82) is 0 Å². The van der Waals surface area contributed by atoms with Crippen molar-refractivity contribution >= 4 is 15.5 Å². The van der Waals surface area contributed by atoms with Crippen LogP contribution in [0.1, 0.15) is 24.1 Å². The van der Waals surface area contributed by atoms with Crippen LogP contribution in [0.15, 0.2) is 41.3 Å². The third kappa shape index (κ3) is 4.01. The van der Waals surface area contributed by atoms with Crippen molar-refractivity contribution in [2.75, 3.05) is 18.7 Å². The number of nitrogens with one attached hydrogen (secondary N) is 1. The van der Waals surface area contributed by atoms with Gasteiger partial charge in [0, 0.05) is 12.3 Å². The van der Waals surface area contributed by atoms with Crippen molar-refractivity contribution in [3.8, 4) is 5.75 Å². The molecule has 0 aliphatic heterocycles.